The van der Waals surface area contributed by atoms with Gasteiger partial charge in [0.2, 0.25) is 0 Å². The van der Waals surface area contributed by atoms with Crippen molar-refractivity contribution in [1.29, 1.82) is 0 Å². The van der Waals surface area contributed by atoms with Gasteiger partial charge in [0.05, 0.1) is 14.2 Å². The van der Waals surface area contributed by atoms with Gasteiger partial charge in [0.1, 0.15) is 0 Å². The molecule has 1 rings (SSSR count). The molecule has 1 aromatic carbocycles. The standard InChI is InChI=1S/C14H23NO2/c1-5-10(2)12(9-15)11-6-7-13(16-3)14(8-11)17-4/h6-8,10,12H,5,9,15H2,1-4H3. The van der Waals surface area contributed by atoms with Gasteiger partial charge in [0.15, 0.2) is 11.5 Å². The van der Waals surface area contributed by atoms with Crippen LogP contribution in [-0.4, -0.2) is 20.8 Å². The van der Waals surface area contributed by atoms with E-state index in [9.17, 15) is 0 Å². The minimum absolute atomic E-state index is 0.375. The molecule has 1 aromatic rings. The van der Waals surface area contributed by atoms with Crippen molar-refractivity contribution in [1.82, 2.24) is 0 Å². The molecule has 96 valence electrons. The molecule has 0 radical (unpaired) electrons. The molecular weight excluding hydrogens is 214 g/mol. The van der Waals surface area contributed by atoms with Crippen molar-refractivity contribution in [3.05, 3.63) is 23.8 Å². The number of benzene rings is 1. The smallest absolute Gasteiger partial charge is 0.160 e. The molecule has 17 heavy (non-hydrogen) atoms. The molecule has 2 atom stereocenters. The summed E-state index contributed by atoms with van der Waals surface area (Å²) in [6.07, 6.45) is 1.12. The summed E-state index contributed by atoms with van der Waals surface area (Å²) in [5, 5.41) is 0. The van der Waals surface area contributed by atoms with Gasteiger partial charge in [-0.15, -0.1) is 0 Å². The number of rotatable bonds is 6. The van der Waals surface area contributed by atoms with Gasteiger partial charge in [-0.3, -0.25) is 0 Å². The van der Waals surface area contributed by atoms with Gasteiger partial charge >= 0.3 is 0 Å². The molecule has 0 aliphatic heterocycles. The number of nitrogens with two attached hydrogens (primary N) is 1. The molecule has 0 fully saturated rings. The molecule has 2 N–H and O–H groups in total. The van der Waals surface area contributed by atoms with Crippen molar-refractivity contribution in [2.24, 2.45) is 11.7 Å². The van der Waals surface area contributed by atoms with Gasteiger partial charge < -0.3 is 15.2 Å². The lowest BCUT2D eigenvalue weighted by molar-refractivity contribution is 0.353. The Balaban J connectivity index is 3.04. The SMILES string of the molecule is CCC(C)C(CN)c1ccc(OC)c(OC)c1. The third kappa shape index (κ3) is 3.13. The number of hydrogen-bond acceptors (Lipinski definition) is 3. The van der Waals surface area contributed by atoms with E-state index < -0.39 is 0 Å². The Morgan fingerprint density at radius 2 is 1.82 bits per heavy atom. The van der Waals surface area contributed by atoms with E-state index in [1.165, 1.54) is 5.56 Å². The maximum absolute atomic E-state index is 5.87. The van der Waals surface area contributed by atoms with Crippen LogP contribution in [0.1, 0.15) is 31.7 Å². The first-order valence-electron chi connectivity index (χ1n) is 6.09. The number of hydrogen-bond donors (Lipinski definition) is 1. The Morgan fingerprint density at radius 3 is 2.29 bits per heavy atom. The van der Waals surface area contributed by atoms with E-state index in [2.05, 4.69) is 19.9 Å². The zero-order valence-electron chi connectivity index (χ0n) is 11.2. The number of ether oxygens (including phenoxy) is 2. The van der Waals surface area contributed by atoms with Gasteiger partial charge in [-0.05, 0) is 36.1 Å². The van der Waals surface area contributed by atoms with Crippen molar-refractivity contribution >= 4 is 0 Å². The normalized spacial score (nSPS) is 14.2. The summed E-state index contributed by atoms with van der Waals surface area (Å²) in [5.74, 6) is 2.47. The fourth-order valence-electron chi connectivity index (χ4n) is 2.06. The molecule has 0 saturated carbocycles. The summed E-state index contributed by atoms with van der Waals surface area (Å²) in [6.45, 7) is 5.08. The minimum atomic E-state index is 0.375. The summed E-state index contributed by atoms with van der Waals surface area (Å²) < 4.78 is 10.6. The summed E-state index contributed by atoms with van der Waals surface area (Å²) >= 11 is 0. The molecular formula is C14H23NO2. The Kier molecular flexibility index (Phi) is 5.29. The Morgan fingerprint density at radius 1 is 1.18 bits per heavy atom. The van der Waals surface area contributed by atoms with Crippen LogP contribution in [0.25, 0.3) is 0 Å². The predicted octanol–water partition coefficient (Wildman–Crippen LogP) is 2.79. The topological polar surface area (TPSA) is 44.5 Å². The molecule has 0 bridgehead atoms. The van der Waals surface area contributed by atoms with Crippen LogP contribution in [0.15, 0.2) is 18.2 Å². The zero-order chi connectivity index (χ0) is 12.8. The first-order chi connectivity index (χ1) is 8.17. The molecule has 0 saturated heterocycles. The molecule has 3 nitrogen and oxygen atoms in total. The summed E-state index contributed by atoms with van der Waals surface area (Å²) in [6, 6.07) is 6.05. The Bertz CT molecular complexity index is 352. The first kappa shape index (κ1) is 13.8. The van der Waals surface area contributed by atoms with Crippen molar-refractivity contribution in [3.63, 3.8) is 0 Å². The van der Waals surface area contributed by atoms with Crippen molar-refractivity contribution in [2.75, 3.05) is 20.8 Å². The van der Waals surface area contributed by atoms with Crippen molar-refractivity contribution in [2.45, 2.75) is 26.2 Å². The highest BCUT2D eigenvalue weighted by molar-refractivity contribution is 5.44. The van der Waals surface area contributed by atoms with Crippen LogP contribution in [0.5, 0.6) is 11.5 Å². The van der Waals surface area contributed by atoms with Gasteiger partial charge in [0, 0.05) is 0 Å². The second kappa shape index (κ2) is 6.50. The molecule has 0 aliphatic carbocycles. The highest BCUT2D eigenvalue weighted by Gasteiger charge is 2.18. The average Bonchev–Trinajstić information content (AvgIpc) is 2.38. The monoisotopic (exact) mass is 237 g/mol. The molecule has 0 aromatic heterocycles. The van der Waals surface area contributed by atoms with E-state index in [-0.39, 0.29) is 0 Å². The Labute approximate surface area is 104 Å². The molecule has 0 aliphatic rings. The quantitative estimate of drug-likeness (QED) is 0.827. The van der Waals surface area contributed by atoms with Crippen molar-refractivity contribution in [3.8, 4) is 11.5 Å². The summed E-state index contributed by atoms with van der Waals surface area (Å²) in [4.78, 5) is 0. The van der Waals surface area contributed by atoms with Crippen LogP contribution in [0, 0.1) is 5.92 Å². The Hall–Kier alpha value is -1.22. The highest BCUT2D eigenvalue weighted by Crippen LogP contribution is 2.33. The maximum atomic E-state index is 5.87. The maximum Gasteiger partial charge on any atom is 0.160 e. The highest BCUT2D eigenvalue weighted by atomic mass is 16.5. The molecule has 0 spiro atoms. The average molecular weight is 237 g/mol. The third-order valence-electron chi connectivity index (χ3n) is 3.42. The second-order valence-electron chi connectivity index (χ2n) is 4.34. The zero-order valence-corrected chi connectivity index (χ0v) is 11.2. The predicted molar refractivity (Wildman–Crippen MR) is 70.8 cm³/mol. The van der Waals surface area contributed by atoms with E-state index >= 15 is 0 Å². The summed E-state index contributed by atoms with van der Waals surface area (Å²) in [7, 11) is 3.30. The number of methoxy groups -OCH3 is 2. The lowest BCUT2D eigenvalue weighted by Crippen LogP contribution is -2.19. The summed E-state index contributed by atoms with van der Waals surface area (Å²) in [5.41, 5.74) is 7.09. The van der Waals surface area contributed by atoms with Crippen LogP contribution in [0.4, 0.5) is 0 Å². The van der Waals surface area contributed by atoms with Gasteiger partial charge in [-0.2, -0.15) is 0 Å². The first-order valence-corrected chi connectivity index (χ1v) is 6.09. The van der Waals surface area contributed by atoms with Gasteiger partial charge in [-0.1, -0.05) is 26.3 Å². The fraction of sp³-hybridized carbons (Fsp3) is 0.571. The fourth-order valence-corrected chi connectivity index (χ4v) is 2.06. The third-order valence-corrected chi connectivity index (χ3v) is 3.42. The minimum Gasteiger partial charge on any atom is -0.493 e. The van der Waals surface area contributed by atoms with Crippen LogP contribution >= 0.6 is 0 Å². The van der Waals surface area contributed by atoms with Crippen LogP contribution in [-0.2, 0) is 0 Å². The van der Waals surface area contributed by atoms with Crippen LogP contribution < -0.4 is 15.2 Å². The van der Waals surface area contributed by atoms with Gasteiger partial charge in [0.25, 0.3) is 0 Å². The second-order valence-corrected chi connectivity index (χ2v) is 4.34. The van der Waals surface area contributed by atoms with Crippen LogP contribution in [0.2, 0.25) is 0 Å². The van der Waals surface area contributed by atoms with Crippen molar-refractivity contribution < 1.29 is 9.47 Å². The van der Waals surface area contributed by atoms with E-state index in [0.717, 1.165) is 17.9 Å². The van der Waals surface area contributed by atoms with Crippen LogP contribution in [0.3, 0.4) is 0 Å². The van der Waals surface area contributed by atoms with Gasteiger partial charge in [-0.25, -0.2) is 0 Å². The molecule has 0 heterocycles. The lowest BCUT2D eigenvalue weighted by Gasteiger charge is -2.22. The molecule has 2 unspecified atom stereocenters. The lowest BCUT2D eigenvalue weighted by atomic mass is 9.85. The molecule has 3 heteroatoms. The largest absolute Gasteiger partial charge is 0.493 e. The molecule has 0 amide bonds. The van der Waals surface area contributed by atoms with E-state index in [1.807, 2.05) is 12.1 Å². The van der Waals surface area contributed by atoms with E-state index in [4.69, 9.17) is 15.2 Å². The van der Waals surface area contributed by atoms with E-state index in [0.29, 0.717) is 18.4 Å². The van der Waals surface area contributed by atoms with E-state index in [1.54, 1.807) is 14.2 Å².